The lowest BCUT2D eigenvalue weighted by Gasteiger charge is -2.29. The molecule has 18 heavy (non-hydrogen) atoms. The van der Waals surface area contributed by atoms with Crippen LogP contribution in [0.3, 0.4) is 0 Å². The minimum Gasteiger partial charge on any atom is -0.396 e. The molecule has 0 heterocycles. The van der Waals surface area contributed by atoms with Crippen molar-refractivity contribution in [3.05, 3.63) is 39.9 Å². The Kier molecular flexibility index (Phi) is 5.25. The monoisotopic (exact) mass is 252 g/mol. The van der Waals surface area contributed by atoms with Crippen LogP contribution in [0.1, 0.15) is 32.3 Å². The first kappa shape index (κ1) is 14.6. The number of aliphatic hydroxyl groups is 1. The third-order valence-electron chi connectivity index (χ3n) is 3.34. The van der Waals surface area contributed by atoms with Crippen LogP contribution in [0.5, 0.6) is 0 Å². The van der Waals surface area contributed by atoms with E-state index in [-0.39, 0.29) is 22.8 Å². The second-order valence-corrected chi connectivity index (χ2v) is 4.63. The Morgan fingerprint density at radius 3 is 2.67 bits per heavy atom. The average molecular weight is 252 g/mol. The standard InChI is InChI=1S/C13H20N2O3/c1-3-13(2,8-9-16)14-10-11-6-4-5-7-12(11)15(17)18/h4-7,14,16H,3,8-10H2,1-2H3. The summed E-state index contributed by atoms with van der Waals surface area (Å²) in [5.74, 6) is 0. The van der Waals surface area contributed by atoms with Gasteiger partial charge in [-0.3, -0.25) is 10.1 Å². The fraction of sp³-hybridized carbons (Fsp3) is 0.538. The highest BCUT2D eigenvalue weighted by Crippen LogP contribution is 2.20. The molecule has 1 unspecified atom stereocenters. The highest BCUT2D eigenvalue weighted by Gasteiger charge is 2.22. The van der Waals surface area contributed by atoms with E-state index in [2.05, 4.69) is 5.32 Å². The number of aliphatic hydroxyl groups excluding tert-OH is 1. The van der Waals surface area contributed by atoms with Gasteiger partial charge >= 0.3 is 0 Å². The Balaban J connectivity index is 2.76. The first-order chi connectivity index (χ1) is 8.52. The van der Waals surface area contributed by atoms with Gasteiger partial charge in [0.05, 0.1) is 4.92 Å². The Hall–Kier alpha value is -1.46. The first-order valence-electron chi connectivity index (χ1n) is 6.10. The van der Waals surface area contributed by atoms with E-state index in [1.54, 1.807) is 18.2 Å². The van der Waals surface area contributed by atoms with Crippen molar-refractivity contribution in [2.45, 2.75) is 38.8 Å². The molecule has 0 amide bonds. The number of rotatable bonds is 7. The van der Waals surface area contributed by atoms with Gasteiger partial charge in [-0.1, -0.05) is 25.1 Å². The maximum absolute atomic E-state index is 10.9. The van der Waals surface area contributed by atoms with Crippen molar-refractivity contribution < 1.29 is 10.0 Å². The molecule has 0 radical (unpaired) electrons. The maximum Gasteiger partial charge on any atom is 0.273 e. The molecule has 5 nitrogen and oxygen atoms in total. The minimum absolute atomic E-state index is 0.105. The summed E-state index contributed by atoms with van der Waals surface area (Å²) in [6.07, 6.45) is 1.48. The van der Waals surface area contributed by atoms with Gasteiger partial charge in [-0.05, 0) is 19.8 Å². The highest BCUT2D eigenvalue weighted by atomic mass is 16.6. The van der Waals surface area contributed by atoms with Crippen molar-refractivity contribution in [1.82, 2.24) is 5.32 Å². The van der Waals surface area contributed by atoms with Gasteiger partial charge in [0.1, 0.15) is 0 Å². The molecule has 1 aromatic carbocycles. The SMILES string of the molecule is CCC(C)(CCO)NCc1ccccc1[N+](=O)[O-]. The molecule has 0 aliphatic heterocycles. The van der Waals surface area contributed by atoms with Crippen LogP contribution in [0.15, 0.2) is 24.3 Å². The Bertz CT molecular complexity index is 409. The Morgan fingerprint density at radius 1 is 1.44 bits per heavy atom. The number of benzene rings is 1. The molecule has 5 heteroatoms. The third kappa shape index (κ3) is 3.78. The zero-order valence-corrected chi connectivity index (χ0v) is 10.8. The van der Waals surface area contributed by atoms with Gasteiger partial charge in [-0.2, -0.15) is 0 Å². The molecule has 0 aliphatic carbocycles. The van der Waals surface area contributed by atoms with Crippen LogP contribution in [-0.4, -0.2) is 22.2 Å². The van der Waals surface area contributed by atoms with Gasteiger partial charge in [0, 0.05) is 30.3 Å². The molecule has 0 saturated carbocycles. The minimum atomic E-state index is -0.369. The Morgan fingerprint density at radius 2 is 2.11 bits per heavy atom. The number of nitro groups is 1. The summed E-state index contributed by atoms with van der Waals surface area (Å²) >= 11 is 0. The summed E-state index contributed by atoms with van der Waals surface area (Å²) in [5.41, 5.74) is 0.603. The van der Waals surface area contributed by atoms with Gasteiger partial charge < -0.3 is 10.4 Å². The Labute approximate surface area is 107 Å². The van der Waals surface area contributed by atoms with Crippen molar-refractivity contribution in [3.8, 4) is 0 Å². The van der Waals surface area contributed by atoms with Crippen molar-refractivity contribution in [2.24, 2.45) is 0 Å². The molecule has 0 spiro atoms. The lowest BCUT2D eigenvalue weighted by molar-refractivity contribution is -0.385. The molecular weight excluding hydrogens is 232 g/mol. The number of hydrogen-bond donors (Lipinski definition) is 2. The predicted octanol–water partition coefficient (Wildman–Crippen LogP) is 2.24. The van der Waals surface area contributed by atoms with Gasteiger partial charge in [-0.25, -0.2) is 0 Å². The van der Waals surface area contributed by atoms with Crippen LogP contribution in [-0.2, 0) is 6.54 Å². The number of para-hydroxylation sites is 1. The molecule has 100 valence electrons. The summed E-state index contributed by atoms with van der Waals surface area (Å²) < 4.78 is 0. The lowest BCUT2D eigenvalue weighted by Crippen LogP contribution is -2.42. The number of nitrogens with one attached hydrogen (secondary N) is 1. The number of nitro benzene ring substituents is 1. The normalized spacial score (nSPS) is 14.2. The first-order valence-corrected chi connectivity index (χ1v) is 6.10. The predicted molar refractivity (Wildman–Crippen MR) is 70.3 cm³/mol. The van der Waals surface area contributed by atoms with E-state index < -0.39 is 0 Å². The third-order valence-corrected chi connectivity index (χ3v) is 3.34. The number of nitrogens with zero attached hydrogens (tertiary/aromatic N) is 1. The van der Waals surface area contributed by atoms with Crippen LogP contribution in [0, 0.1) is 10.1 Å². The van der Waals surface area contributed by atoms with Crippen LogP contribution in [0.25, 0.3) is 0 Å². The highest BCUT2D eigenvalue weighted by molar-refractivity contribution is 5.39. The molecular formula is C13H20N2O3. The summed E-state index contributed by atoms with van der Waals surface area (Å²) in [7, 11) is 0. The molecule has 0 bridgehead atoms. The van der Waals surface area contributed by atoms with E-state index >= 15 is 0 Å². The topological polar surface area (TPSA) is 75.4 Å². The van der Waals surface area contributed by atoms with Crippen LogP contribution in [0.4, 0.5) is 5.69 Å². The molecule has 0 saturated heterocycles. The molecule has 1 atom stereocenters. The van der Waals surface area contributed by atoms with E-state index in [9.17, 15) is 10.1 Å². The summed E-state index contributed by atoms with van der Waals surface area (Å²) in [6.45, 7) is 4.58. The van der Waals surface area contributed by atoms with Crippen molar-refractivity contribution in [2.75, 3.05) is 6.61 Å². The van der Waals surface area contributed by atoms with E-state index in [0.717, 1.165) is 6.42 Å². The van der Waals surface area contributed by atoms with Gasteiger partial charge in [0.25, 0.3) is 5.69 Å². The van der Waals surface area contributed by atoms with Crippen molar-refractivity contribution in [1.29, 1.82) is 0 Å². The van der Waals surface area contributed by atoms with E-state index in [1.165, 1.54) is 6.07 Å². The summed E-state index contributed by atoms with van der Waals surface area (Å²) in [5, 5.41) is 23.2. The van der Waals surface area contributed by atoms with Gasteiger partial charge in [0.15, 0.2) is 0 Å². The second kappa shape index (κ2) is 6.47. The summed E-state index contributed by atoms with van der Waals surface area (Å²) in [6, 6.07) is 6.71. The van der Waals surface area contributed by atoms with E-state index in [4.69, 9.17) is 5.11 Å². The number of hydrogen-bond acceptors (Lipinski definition) is 4. The smallest absolute Gasteiger partial charge is 0.273 e. The molecule has 1 rings (SSSR count). The van der Waals surface area contributed by atoms with Crippen LogP contribution in [0.2, 0.25) is 0 Å². The fourth-order valence-corrected chi connectivity index (χ4v) is 1.78. The van der Waals surface area contributed by atoms with Crippen molar-refractivity contribution >= 4 is 5.69 Å². The largest absolute Gasteiger partial charge is 0.396 e. The van der Waals surface area contributed by atoms with E-state index in [1.807, 2.05) is 13.8 Å². The summed E-state index contributed by atoms with van der Waals surface area (Å²) in [4.78, 5) is 10.5. The van der Waals surface area contributed by atoms with E-state index in [0.29, 0.717) is 18.5 Å². The zero-order valence-electron chi connectivity index (χ0n) is 10.8. The molecule has 0 aromatic heterocycles. The van der Waals surface area contributed by atoms with Crippen molar-refractivity contribution in [3.63, 3.8) is 0 Å². The molecule has 0 fully saturated rings. The molecule has 2 N–H and O–H groups in total. The van der Waals surface area contributed by atoms with Crippen LogP contribution >= 0.6 is 0 Å². The van der Waals surface area contributed by atoms with Gasteiger partial charge in [-0.15, -0.1) is 0 Å². The second-order valence-electron chi connectivity index (χ2n) is 4.63. The lowest BCUT2D eigenvalue weighted by atomic mass is 9.94. The molecule has 1 aromatic rings. The van der Waals surface area contributed by atoms with Crippen LogP contribution < -0.4 is 5.32 Å². The maximum atomic E-state index is 10.9. The zero-order chi connectivity index (χ0) is 13.6. The average Bonchev–Trinajstić information content (AvgIpc) is 2.37. The van der Waals surface area contributed by atoms with Gasteiger partial charge in [0.2, 0.25) is 0 Å². The molecule has 0 aliphatic rings. The quantitative estimate of drug-likeness (QED) is 0.576. The fourth-order valence-electron chi connectivity index (χ4n) is 1.78.